The minimum atomic E-state index is -0.298. The first-order valence-corrected chi connectivity index (χ1v) is 7.28. The number of alkyl halides is 1. The fraction of sp³-hybridized carbons (Fsp3) is 0.500. The van der Waals surface area contributed by atoms with Crippen LogP contribution in [0.2, 0.25) is 0 Å². The molecule has 0 aliphatic heterocycles. The second-order valence-corrected chi connectivity index (χ2v) is 4.67. The Kier molecular flexibility index (Phi) is 8.09. The van der Waals surface area contributed by atoms with Gasteiger partial charge in [-0.15, -0.1) is 11.6 Å². The summed E-state index contributed by atoms with van der Waals surface area (Å²) in [6, 6.07) is 4.44. The van der Waals surface area contributed by atoms with Crippen molar-refractivity contribution in [2.24, 2.45) is 0 Å². The first kappa shape index (κ1) is 15.9. The summed E-state index contributed by atoms with van der Waals surface area (Å²) in [5, 5.41) is 0. The first-order chi connectivity index (χ1) is 9.27. The molecule has 1 rings (SSSR count). The molecule has 0 saturated carbocycles. The van der Waals surface area contributed by atoms with Gasteiger partial charge in [-0.05, 0) is 24.6 Å². The molecule has 104 valence electrons. The Morgan fingerprint density at radius 1 is 1.26 bits per heavy atom. The summed E-state index contributed by atoms with van der Waals surface area (Å²) >= 11 is 5.56. The van der Waals surface area contributed by atoms with Crippen molar-refractivity contribution in [3.05, 3.63) is 29.6 Å². The molecular formula is C16H20ClFO. The summed E-state index contributed by atoms with van der Waals surface area (Å²) in [5.41, 5.74) is 0.598. The lowest BCUT2D eigenvalue weighted by molar-refractivity contribution is 0.304. The van der Waals surface area contributed by atoms with E-state index in [9.17, 15) is 4.39 Å². The average molecular weight is 283 g/mol. The number of benzene rings is 1. The predicted molar refractivity (Wildman–Crippen MR) is 78.3 cm³/mol. The monoisotopic (exact) mass is 282 g/mol. The Labute approximate surface area is 120 Å². The van der Waals surface area contributed by atoms with Gasteiger partial charge in [-0.25, -0.2) is 4.39 Å². The van der Waals surface area contributed by atoms with E-state index in [0.717, 1.165) is 12.8 Å². The molecule has 1 nitrogen and oxygen atoms in total. The van der Waals surface area contributed by atoms with Gasteiger partial charge in [-0.2, -0.15) is 0 Å². The van der Waals surface area contributed by atoms with Crippen molar-refractivity contribution in [2.45, 2.75) is 39.0 Å². The number of rotatable bonds is 7. The van der Waals surface area contributed by atoms with E-state index in [-0.39, 0.29) is 5.82 Å². The van der Waals surface area contributed by atoms with E-state index in [1.54, 1.807) is 6.07 Å². The van der Waals surface area contributed by atoms with Crippen LogP contribution in [0.1, 0.15) is 44.6 Å². The molecule has 0 amide bonds. The van der Waals surface area contributed by atoms with Gasteiger partial charge in [0.15, 0.2) is 0 Å². The molecule has 3 heteroatoms. The molecule has 1 aromatic carbocycles. The number of unbranched alkanes of at least 4 members (excludes halogenated alkanes) is 3. The highest BCUT2D eigenvalue weighted by atomic mass is 35.5. The van der Waals surface area contributed by atoms with Crippen molar-refractivity contribution in [3.8, 4) is 17.6 Å². The zero-order chi connectivity index (χ0) is 13.9. The maximum Gasteiger partial charge on any atom is 0.135 e. The van der Waals surface area contributed by atoms with Gasteiger partial charge >= 0.3 is 0 Å². The van der Waals surface area contributed by atoms with E-state index in [2.05, 4.69) is 18.8 Å². The van der Waals surface area contributed by atoms with E-state index < -0.39 is 0 Å². The molecule has 0 unspecified atom stereocenters. The molecule has 0 aliphatic rings. The van der Waals surface area contributed by atoms with E-state index in [4.69, 9.17) is 16.3 Å². The molecule has 0 saturated heterocycles. The Balaban J connectivity index is 2.59. The van der Waals surface area contributed by atoms with Crippen LogP contribution in [0.4, 0.5) is 4.39 Å². The highest BCUT2D eigenvalue weighted by molar-refractivity contribution is 6.18. The van der Waals surface area contributed by atoms with Gasteiger partial charge in [-0.1, -0.05) is 38.0 Å². The van der Waals surface area contributed by atoms with E-state index in [1.165, 1.54) is 25.0 Å². The zero-order valence-corrected chi connectivity index (χ0v) is 12.1. The quantitative estimate of drug-likeness (QED) is 0.398. The highest BCUT2D eigenvalue weighted by Crippen LogP contribution is 2.19. The van der Waals surface area contributed by atoms with Gasteiger partial charge in [0.05, 0.1) is 12.2 Å². The summed E-state index contributed by atoms with van der Waals surface area (Å²) in [6.45, 7) is 2.82. The molecule has 0 aliphatic carbocycles. The highest BCUT2D eigenvalue weighted by Gasteiger charge is 2.03. The SMILES string of the molecule is CCCCCCOc1ccc(F)cc1C#CCCCl. The van der Waals surface area contributed by atoms with Crippen LogP contribution in [0.5, 0.6) is 5.75 Å². The molecule has 0 heterocycles. The Hall–Kier alpha value is -1.20. The van der Waals surface area contributed by atoms with Crippen LogP contribution in [0, 0.1) is 17.7 Å². The first-order valence-electron chi connectivity index (χ1n) is 6.75. The summed E-state index contributed by atoms with van der Waals surface area (Å²) in [7, 11) is 0. The summed E-state index contributed by atoms with van der Waals surface area (Å²) < 4.78 is 18.9. The van der Waals surface area contributed by atoms with Gasteiger partial charge in [0.2, 0.25) is 0 Å². The Morgan fingerprint density at radius 2 is 2.11 bits per heavy atom. The van der Waals surface area contributed by atoms with Crippen LogP contribution in [0.15, 0.2) is 18.2 Å². The zero-order valence-electron chi connectivity index (χ0n) is 11.3. The molecule has 1 aromatic rings. The molecule has 0 atom stereocenters. The third kappa shape index (κ3) is 6.50. The predicted octanol–water partition coefficient (Wildman–Crippen LogP) is 4.77. The van der Waals surface area contributed by atoms with Crippen LogP contribution < -0.4 is 4.74 Å². The number of hydrogen-bond donors (Lipinski definition) is 0. The lowest BCUT2D eigenvalue weighted by atomic mass is 10.2. The fourth-order valence-electron chi connectivity index (χ4n) is 1.64. The van der Waals surface area contributed by atoms with Gasteiger partial charge in [0, 0.05) is 12.3 Å². The van der Waals surface area contributed by atoms with Crippen LogP contribution in [-0.4, -0.2) is 12.5 Å². The largest absolute Gasteiger partial charge is 0.492 e. The molecule has 0 aromatic heterocycles. The second kappa shape index (κ2) is 9.69. The topological polar surface area (TPSA) is 9.23 Å². The number of ether oxygens (including phenoxy) is 1. The van der Waals surface area contributed by atoms with Crippen molar-refractivity contribution in [1.82, 2.24) is 0 Å². The third-order valence-electron chi connectivity index (χ3n) is 2.64. The van der Waals surface area contributed by atoms with Crippen LogP contribution >= 0.6 is 11.6 Å². The van der Waals surface area contributed by atoms with E-state index in [0.29, 0.717) is 30.2 Å². The summed E-state index contributed by atoms with van der Waals surface area (Å²) in [4.78, 5) is 0. The summed E-state index contributed by atoms with van der Waals surface area (Å²) in [5.74, 6) is 6.65. The number of halogens is 2. The molecule has 0 spiro atoms. The van der Waals surface area contributed by atoms with Gasteiger partial charge in [0.1, 0.15) is 11.6 Å². The minimum Gasteiger partial charge on any atom is -0.492 e. The van der Waals surface area contributed by atoms with Gasteiger partial charge < -0.3 is 4.74 Å². The molecule has 0 N–H and O–H groups in total. The fourth-order valence-corrected chi connectivity index (χ4v) is 1.74. The van der Waals surface area contributed by atoms with Crippen LogP contribution in [0.3, 0.4) is 0 Å². The maximum absolute atomic E-state index is 13.2. The average Bonchev–Trinajstić information content (AvgIpc) is 2.41. The maximum atomic E-state index is 13.2. The van der Waals surface area contributed by atoms with Crippen molar-refractivity contribution >= 4 is 11.6 Å². The van der Waals surface area contributed by atoms with Crippen molar-refractivity contribution in [1.29, 1.82) is 0 Å². The van der Waals surface area contributed by atoms with Gasteiger partial charge in [0.25, 0.3) is 0 Å². The van der Waals surface area contributed by atoms with Crippen molar-refractivity contribution in [2.75, 3.05) is 12.5 Å². The van der Waals surface area contributed by atoms with Crippen molar-refractivity contribution in [3.63, 3.8) is 0 Å². The van der Waals surface area contributed by atoms with E-state index >= 15 is 0 Å². The third-order valence-corrected chi connectivity index (χ3v) is 2.83. The molecule has 0 bridgehead atoms. The smallest absolute Gasteiger partial charge is 0.135 e. The standard InChI is InChI=1S/C16H20ClFO/c1-2-3-4-7-12-19-16-10-9-15(18)13-14(16)8-5-6-11-17/h9-10,13H,2-4,6-7,11-12H2,1H3. The molecule has 0 radical (unpaired) electrons. The summed E-state index contributed by atoms with van der Waals surface area (Å²) in [6.07, 6.45) is 5.18. The molecular weight excluding hydrogens is 263 g/mol. The van der Waals surface area contributed by atoms with Crippen LogP contribution in [-0.2, 0) is 0 Å². The second-order valence-electron chi connectivity index (χ2n) is 4.29. The Morgan fingerprint density at radius 3 is 2.84 bits per heavy atom. The lowest BCUT2D eigenvalue weighted by Crippen LogP contribution is -1.99. The lowest BCUT2D eigenvalue weighted by Gasteiger charge is -2.08. The van der Waals surface area contributed by atoms with Crippen LogP contribution in [0.25, 0.3) is 0 Å². The number of hydrogen-bond acceptors (Lipinski definition) is 1. The minimum absolute atomic E-state index is 0.298. The molecule has 19 heavy (non-hydrogen) atoms. The van der Waals surface area contributed by atoms with E-state index in [1.807, 2.05) is 0 Å². The molecule has 0 fully saturated rings. The van der Waals surface area contributed by atoms with Gasteiger partial charge in [-0.3, -0.25) is 0 Å². The normalized spacial score (nSPS) is 9.84. The Bertz CT molecular complexity index is 434. The van der Waals surface area contributed by atoms with Crippen molar-refractivity contribution < 1.29 is 9.13 Å².